The summed E-state index contributed by atoms with van der Waals surface area (Å²) in [6, 6.07) is 21.4. The minimum absolute atomic E-state index is 0.000958. The van der Waals surface area contributed by atoms with Gasteiger partial charge in [-0.05, 0) is 23.9 Å². The molecule has 2 heteroatoms. The molecule has 0 aliphatic heterocycles. The van der Waals surface area contributed by atoms with E-state index in [4.69, 9.17) is 4.74 Å². The van der Waals surface area contributed by atoms with E-state index in [1.165, 1.54) is 0 Å². The van der Waals surface area contributed by atoms with Gasteiger partial charge in [0.1, 0.15) is 5.75 Å². The topological polar surface area (TPSA) is 26.3 Å². The predicted molar refractivity (Wildman–Crippen MR) is 85.0 cm³/mol. The van der Waals surface area contributed by atoms with Gasteiger partial charge in [-0.1, -0.05) is 60.7 Å². The molecule has 3 rings (SSSR count). The van der Waals surface area contributed by atoms with Crippen molar-refractivity contribution < 1.29 is 9.53 Å². The van der Waals surface area contributed by atoms with E-state index in [1.54, 1.807) is 0 Å². The van der Waals surface area contributed by atoms with Crippen molar-refractivity contribution in [3.05, 3.63) is 77.9 Å². The molecule has 0 spiro atoms. The molecule has 0 heterocycles. The van der Waals surface area contributed by atoms with Gasteiger partial charge in [0.15, 0.2) is 12.4 Å². The molecule has 3 aromatic rings. The molecule has 0 N–H and O–H groups in total. The number of carbonyl (C=O) groups excluding carboxylic acids is 1. The van der Waals surface area contributed by atoms with Gasteiger partial charge in [0.25, 0.3) is 0 Å². The van der Waals surface area contributed by atoms with E-state index in [9.17, 15) is 4.79 Å². The molecule has 21 heavy (non-hydrogen) atoms. The molecular formula is C19H16O2. The second-order valence-electron chi connectivity index (χ2n) is 5.00. The van der Waals surface area contributed by atoms with Crippen molar-refractivity contribution in [1.82, 2.24) is 0 Å². The highest BCUT2D eigenvalue weighted by molar-refractivity contribution is 5.98. The normalized spacial score (nSPS) is 10.5. The molecule has 0 aliphatic carbocycles. The quantitative estimate of drug-likeness (QED) is 0.660. The minimum Gasteiger partial charge on any atom is -0.485 e. The van der Waals surface area contributed by atoms with Gasteiger partial charge in [-0.3, -0.25) is 4.79 Å². The molecule has 0 fully saturated rings. The molecule has 0 saturated carbocycles. The van der Waals surface area contributed by atoms with Crippen LogP contribution in [0.15, 0.2) is 66.7 Å². The van der Waals surface area contributed by atoms with Gasteiger partial charge >= 0.3 is 0 Å². The van der Waals surface area contributed by atoms with Crippen molar-refractivity contribution in [2.75, 3.05) is 6.61 Å². The number of benzene rings is 3. The van der Waals surface area contributed by atoms with E-state index in [-0.39, 0.29) is 12.4 Å². The molecule has 0 bridgehead atoms. The number of Topliss-reactive ketones (excluding diaryl/α,β-unsaturated/α-hetero) is 1. The van der Waals surface area contributed by atoms with Gasteiger partial charge in [0.05, 0.1) is 0 Å². The first-order chi connectivity index (χ1) is 10.3. The van der Waals surface area contributed by atoms with Crippen LogP contribution in [0.1, 0.15) is 15.9 Å². The predicted octanol–water partition coefficient (Wildman–Crippen LogP) is 4.41. The Morgan fingerprint density at radius 2 is 1.62 bits per heavy atom. The number of carbonyl (C=O) groups is 1. The zero-order chi connectivity index (χ0) is 14.7. The van der Waals surface area contributed by atoms with Gasteiger partial charge in [0.2, 0.25) is 0 Å². The summed E-state index contributed by atoms with van der Waals surface area (Å²) in [7, 11) is 0. The maximum atomic E-state index is 12.2. The zero-order valence-electron chi connectivity index (χ0n) is 11.9. The summed E-state index contributed by atoms with van der Waals surface area (Å²) in [4.78, 5) is 12.2. The summed E-state index contributed by atoms with van der Waals surface area (Å²) < 4.78 is 5.74. The lowest BCUT2D eigenvalue weighted by Gasteiger charge is -2.09. The van der Waals surface area contributed by atoms with Crippen LogP contribution < -0.4 is 4.74 Å². The summed E-state index contributed by atoms with van der Waals surface area (Å²) in [5.41, 5.74) is 1.70. The van der Waals surface area contributed by atoms with Gasteiger partial charge in [-0.2, -0.15) is 0 Å². The van der Waals surface area contributed by atoms with Crippen LogP contribution in [0.4, 0.5) is 0 Å². The molecule has 0 unspecified atom stereocenters. The van der Waals surface area contributed by atoms with Crippen LogP contribution in [0.2, 0.25) is 0 Å². The van der Waals surface area contributed by atoms with Crippen LogP contribution in [0.25, 0.3) is 10.8 Å². The van der Waals surface area contributed by atoms with Gasteiger partial charge in [0, 0.05) is 10.9 Å². The van der Waals surface area contributed by atoms with Gasteiger partial charge < -0.3 is 4.74 Å². The third-order valence-electron chi connectivity index (χ3n) is 3.55. The Hall–Kier alpha value is -2.61. The SMILES string of the molecule is Cc1ccccc1C(=O)COc1cccc2ccccc12. The van der Waals surface area contributed by atoms with Crippen molar-refractivity contribution in [2.45, 2.75) is 6.92 Å². The van der Waals surface area contributed by atoms with Crippen molar-refractivity contribution >= 4 is 16.6 Å². The summed E-state index contributed by atoms with van der Waals surface area (Å²) in [5.74, 6) is 0.746. The average molecular weight is 276 g/mol. The van der Waals surface area contributed by atoms with Gasteiger partial charge in [-0.15, -0.1) is 0 Å². The van der Waals surface area contributed by atoms with E-state index < -0.39 is 0 Å². The maximum absolute atomic E-state index is 12.2. The Bertz CT molecular complexity index is 785. The van der Waals surface area contributed by atoms with Crippen LogP contribution in [0, 0.1) is 6.92 Å². The van der Waals surface area contributed by atoms with Crippen molar-refractivity contribution in [3.63, 3.8) is 0 Å². The van der Waals surface area contributed by atoms with Gasteiger partial charge in [-0.25, -0.2) is 0 Å². The standard InChI is InChI=1S/C19H16O2/c1-14-7-2-4-10-16(14)18(20)13-21-19-12-6-9-15-8-3-5-11-17(15)19/h2-12H,13H2,1H3. The number of ketones is 1. The third kappa shape index (κ3) is 2.79. The highest BCUT2D eigenvalue weighted by Gasteiger charge is 2.10. The fraction of sp³-hybridized carbons (Fsp3) is 0.105. The molecular weight excluding hydrogens is 260 g/mol. The molecule has 0 amide bonds. The number of hydrogen-bond acceptors (Lipinski definition) is 2. The van der Waals surface area contributed by atoms with Crippen molar-refractivity contribution in [1.29, 1.82) is 0 Å². The fourth-order valence-electron chi connectivity index (χ4n) is 2.43. The molecule has 3 aromatic carbocycles. The Balaban J connectivity index is 1.81. The average Bonchev–Trinajstić information content (AvgIpc) is 2.53. The Morgan fingerprint density at radius 1 is 0.905 bits per heavy atom. The smallest absolute Gasteiger partial charge is 0.200 e. The maximum Gasteiger partial charge on any atom is 0.200 e. The van der Waals surface area contributed by atoms with E-state index >= 15 is 0 Å². The van der Waals surface area contributed by atoms with Crippen LogP contribution in [0.5, 0.6) is 5.75 Å². The lowest BCUT2D eigenvalue weighted by atomic mass is 10.1. The zero-order valence-corrected chi connectivity index (χ0v) is 11.9. The lowest BCUT2D eigenvalue weighted by Crippen LogP contribution is -2.12. The van der Waals surface area contributed by atoms with Crippen molar-refractivity contribution in [2.24, 2.45) is 0 Å². The Kier molecular flexibility index (Phi) is 3.69. The first-order valence-electron chi connectivity index (χ1n) is 6.95. The number of fused-ring (bicyclic) bond motifs is 1. The molecule has 2 nitrogen and oxygen atoms in total. The second-order valence-corrected chi connectivity index (χ2v) is 5.00. The first kappa shape index (κ1) is 13.4. The minimum atomic E-state index is 0.000958. The molecule has 104 valence electrons. The molecule has 0 radical (unpaired) electrons. The third-order valence-corrected chi connectivity index (χ3v) is 3.55. The van der Waals surface area contributed by atoms with E-state index in [1.807, 2.05) is 73.7 Å². The van der Waals surface area contributed by atoms with Crippen LogP contribution >= 0.6 is 0 Å². The van der Waals surface area contributed by atoms with E-state index in [2.05, 4.69) is 0 Å². The summed E-state index contributed by atoms with van der Waals surface area (Å²) in [6.45, 7) is 1.99. The van der Waals surface area contributed by atoms with E-state index in [0.717, 1.165) is 27.6 Å². The Labute approximate surface area is 124 Å². The molecule has 0 saturated heterocycles. The number of hydrogen-bond donors (Lipinski definition) is 0. The number of aryl methyl sites for hydroxylation is 1. The summed E-state index contributed by atoms with van der Waals surface area (Å²) >= 11 is 0. The Morgan fingerprint density at radius 3 is 2.48 bits per heavy atom. The highest BCUT2D eigenvalue weighted by atomic mass is 16.5. The van der Waals surface area contributed by atoms with Crippen LogP contribution in [-0.2, 0) is 0 Å². The number of rotatable bonds is 4. The summed E-state index contributed by atoms with van der Waals surface area (Å²) in [5, 5.41) is 2.14. The van der Waals surface area contributed by atoms with Crippen LogP contribution in [-0.4, -0.2) is 12.4 Å². The number of ether oxygens (including phenoxy) is 1. The summed E-state index contributed by atoms with van der Waals surface area (Å²) in [6.07, 6.45) is 0. The fourth-order valence-corrected chi connectivity index (χ4v) is 2.43. The first-order valence-corrected chi connectivity index (χ1v) is 6.95. The van der Waals surface area contributed by atoms with Crippen LogP contribution in [0.3, 0.4) is 0 Å². The van der Waals surface area contributed by atoms with E-state index in [0.29, 0.717) is 0 Å². The second kappa shape index (κ2) is 5.80. The van der Waals surface area contributed by atoms with Crippen molar-refractivity contribution in [3.8, 4) is 5.75 Å². The molecule has 0 aliphatic rings. The largest absolute Gasteiger partial charge is 0.485 e. The monoisotopic (exact) mass is 276 g/mol. The highest BCUT2D eigenvalue weighted by Crippen LogP contribution is 2.25. The molecule has 0 aromatic heterocycles. The molecule has 0 atom stereocenters. The lowest BCUT2D eigenvalue weighted by molar-refractivity contribution is 0.0922.